The quantitative estimate of drug-likeness (QED) is 0.165. The Balaban J connectivity index is 1.13. The van der Waals surface area contributed by atoms with Gasteiger partial charge in [0.05, 0.1) is 0 Å². The molecule has 0 aliphatic rings. The molecular formula is C51H33N3S. The van der Waals surface area contributed by atoms with Gasteiger partial charge in [0.2, 0.25) is 0 Å². The van der Waals surface area contributed by atoms with Gasteiger partial charge in [-0.1, -0.05) is 170 Å². The summed E-state index contributed by atoms with van der Waals surface area (Å²) in [6.07, 6.45) is 0. The van der Waals surface area contributed by atoms with Crippen LogP contribution in [-0.2, 0) is 0 Å². The van der Waals surface area contributed by atoms with Crippen molar-refractivity contribution in [1.29, 1.82) is 0 Å². The number of rotatable bonds is 7. The van der Waals surface area contributed by atoms with Gasteiger partial charge in [-0.2, -0.15) is 0 Å². The maximum Gasteiger partial charge on any atom is 0.164 e. The summed E-state index contributed by atoms with van der Waals surface area (Å²) in [5.74, 6) is 1.88. The zero-order valence-electron chi connectivity index (χ0n) is 29.8. The van der Waals surface area contributed by atoms with Crippen LogP contribution in [-0.4, -0.2) is 15.0 Å². The molecule has 4 heteroatoms. The molecule has 0 saturated carbocycles. The fourth-order valence-electron chi connectivity index (χ4n) is 7.36. The van der Waals surface area contributed by atoms with Crippen molar-refractivity contribution in [2.45, 2.75) is 0 Å². The summed E-state index contributed by atoms with van der Waals surface area (Å²) in [6.45, 7) is 0. The normalized spacial score (nSPS) is 11.3. The molecule has 0 bridgehead atoms. The van der Waals surface area contributed by atoms with Gasteiger partial charge in [-0.3, -0.25) is 0 Å². The predicted octanol–water partition coefficient (Wildman–Crippen LogP) is 13.9. The molecule has 10 aromatic rings. The van der Waals surface area contributed by atoms with Crippen LogP contribution in [0.1, 0.15) is 0 Å². The number of thiophene rings is 1. The Morgan fingerprint density at radius 2 is 0.709 bits per heavy atom. The van der Waals surface area contributed by atoms with Crippen LogP contribution in [0.4, 0.5) is 0 Å². The number of aromatic nitrogens is 3. The summed E-state index contributed by atoms with van der Waals surface area (Å²) >= 11 is 1.85. The molecular weight excluding hydrogens is 687 g/mol. The number of nitrogens with zero attached hydrogens (tertiary/aromatic N) is 3. The molecule has 258 valence electrons. The van der Waals surface area contributed by atoms with Gasteiger partial charge in [-0.25, -0.2) is 15.0 Å². The largest absolute Gasteiger partial charge is 0.208 e. The van der Waals surface area contributed by atoms with Crippen molar-refractivity contribution in [3.05, 3.63) is 200 Å². The Kier molecular flexibility index (Phi) is 8.36. The number of hydrogen-bond donors (Lipinski definition) is 0. The Morgan fingerprint density at radius 3 is 1.36 bits per heavy atom. The van der Waals surface area contributed by atoms with Crippen molar-refractivity contribution in [3.63, 3.8) is 0 Å². The zero-order valence-corrected chi connectivity index (χ0v) is 30.6. The lowest BCUT2D eigenvalue weighted by Crippen LogP contribution is -2.01. The SMILES string of the molecule is c1ccc(-c2cccc(-c3nc(-c4ccc(-c5cccc6c5sc5ccccc56)cc4)nc(-c4cc(-c5ccccc5)cc(-c5ccccc5)c4)n3)c2)cc1. The third-order valence-electron chi connectivity index (χ3n) is 10.1. The van der Waals surface area contributed by atoms with Gasteiger partial charge in [-0.05, 0) is 74.8 Å². The van der Waals surface area contributed by atoms with Crippen molar-refractivity contribution in [2.24, 2.45) is 0 Å². The van der Waals surface area contributed by atoms with E-state index in [2.05, 4.69) is 182 Å². The first-order valence-corrected chi connectivity index (χ1v) is 19.2. The summed E-state index contributed by atoms with van der Waals surface area (Å²) in [5.41, 5.74) is 11.9. The molecule has 2 heterocycles. The third-order valence-corrected chi connectivity index (χ3v) is 11.3. The van der Waals surface area contributed by atoms with Gasteiger partial charge in [0, 0.05) is 36.9 Å². The molecule has 0 radical (unpaired) electrons. The lowest BCUT2D eigenvalue weighted by Gasteiger charge is -2.13. The first kappa shape index (κ1) is 32.6. The van der Waals surface area contributed by atoms with Gasteiger partial charge >= 0.3 is 0 Å². The standard InChI is InChI=1S/C51H33N3S/c1-4-14-34(15-5-1)39-20-12-21-40(30-39)50-52-49(38-28-26-37(27-29-38)44-23-13-24-46-45-22-10-11-25-47(45)55-48(44)46)53-51(54-50)43-32-41(35-16-6-2-7-17-35)31-42(33-43)36-18-8-3-9-19-36/h1-33H. The lowest BCUT2D eigenvalue weighted by molar-refractivity contribution is 1.07. The lowest BCUT2D eigenvalue weighted by atomic mass is 9.96. The van der Waals surface area contributed by atoms with Crippen LogP contribution in [0.15, 0.2) is 200 Å². The van der Waals surface area contributed by atoms with Crippen LogP contribution in [0.2, 0.25) is 0 Å². The third kappa shape index (κ3) is 6.39. The van der Waals surface area contributed by atoms with Crippen LogP contribution >= 0.6 is 11.3 Å². The molecule has 0 fully saturated rings. The molecule has 10 rings (SSSR count). The van der Waals surface area contributed by atoms with Gasteiger partial charge in [0.15, 0.2) is 17.5 Å². The second kappa shape index (κ2) is 14.1. The minimum Gasteiger partial charge on any atom is -0.208 e. The zero-order chi connectivity index (χ0) is 36.6. The highest BCUT2D eigenvalue weighted by atomic mass is 32.1. The van der Waals surface area contributed by atoms with Crippen LogP contribution < -0.4 is 0 Å². The Bertz CT molecular complexity index is 2900. The maximum atomic E-state index is 5.21. The van der Waals surface area contributed by atoms with E-state index in [1.54, 1.807) is 0 Å². The first-order valence-electron chi connectivity index (χ1n) is 18.4. The molecule has 0 aliphatic carbocycles. The van der Waals surface area contributed by atoms with Gasteiger partial charge in [0.1, 0.15) is 0 Å². The fourth-order valence-corrected chi connectivity index (χ4v) is 8.59. The minimum absolute atomic E-state index is 0.624. The van der Waals surface area contributed by atoms with Crippen LogP contribution in [0.25, 0.3) is 98.8 Å². The fraction of sp³-hybridized carbons (Fsp3) is 0. The second-order valence-corrected chi connectivity index (χ2v) is 14.7. The predicted molar refractivity (Wildman–Crippen MR) is 231 cm³/mol. The van der Waals surface area contributed by atoms with E-state index < -0.39 is 0 Å². The number of fused-ring (bicyclic) bond motifs is 3. The van der Waals surface area contributed by atoms with Crippen molar-refractivity contribution >= 4 is 31.5 Å². The first-order chi connectivity index (χ1) is 27.2. The second-order valence-electron chi connectivity index (χ2n) is 13.6. The van der Waals surface area contributed by atoms with Crippen molar-refractivity contribution < 1.29 is 0 Å². The van der Waals surface area contributed by atoms with E-state index in [4.69, 9.17) is 15.0 Å². The molecule has 55 heavy (non-hydrogen) atoms. The molecule has 0 N–H and O–H groups in total. The highest BCUT2D eigenvalue weighted by Crippen LogP contribution is 2.40. The van der Waals surface area contributed by atoms with Gasteiger partial charge < -0.3 is 0 Å². The molecule has 0 atom stereocenters. The minimum atomic E-state index is 0.624. The number of hydrogen-bond acceptors (Lipinski definition) is 4. The van der Waals surface area contributed by atoms with E-state index in [0.29, 0.717) is 17.5 Å². The molecule has 3 nitrogen and oxygen atoms in total. The summed E-state index contributed by atoms with van der Waals surface area (Å²) in [7, 11) is 0. The van der Waals surface area contributed by atoms with Crippen LogP contribution in [0.5, 0.6) is 0 Å². The molecule has 0 saturated heterocycles. The topological polar surface area (TPSA) is 38.7 Å². The highest BCUT2D eigenvalue weighted by Gasteiger charge is 2.16. The molecule has 2 aromatic heterocycles. The van der Waals surface area contributed by atoms with Crippen molar-refractivity contribution in [3.8, 4) is 78.7 Å². The van der Waals surface area contributed by atoms with Gasteiger partial charge in [-0.15, -0.1) is 11.3 Å². The molecule has 0 spiro atoms. The Morgan fingerprint density at radius 1 is 0.273 bits per heavy atom. The van der Waals surface area contributed by atoms with E-state index >= 15 is 0 Å². The molecule has 0 aliphatic heterocycles. The van der Waals surface area contributed by atoms with Gasteiger partial charge in [0.25, 0.3) is 0 Å². The monoisotopic (exact) mass is 719 g/mol. The summed E-state index contributed by atoms with van der Waals surface area (Å²) in [5, 5.41) is 2.59. The average Bonchev–Trinajstić information content (AvgIpc) is 3.66. The van der Waals surface area contributed by atoms with E-state index in [0.717, 1.165) is 55.6 Å². The summed E-state index contributed by atoms with van der Waals surface area (Å²) < 4.78 is 2.60. The van der Waals surface area contributed by atoms with Crippen LogP contribution in [0, 0.1) is 0 Å². The smallest absolute Gasteiger partial charge is 0.164 e. The summed E-state index contributed by atoms with van der Waals surface area (Å²) in [4.78, 5) is 15.6. The molecule has 0 amide bonds. The average molecular weight is 720 g/mol. The van der Waals surface area contributed by atoms with E-state index in [1.807, 2.05) is 29.5 Å². The Labute approximate surface area is 323 Å². The van der Waals surface area contributed by atoms with Crippen molar-refractivity contribution in [2.75, 3.05) is 0 Å². The van der Waals surface area contributed by atoms with E-state index in [-0.39, 0.29) is 0 Å². The van der Waals surface area contributed by atoms with E-state index in [1.165, 1.54) is 25.7 Å². The van der Waals surface area contributed by atoms with Crippen LogP contribution in [0.3, 0.4) is 0 Å². The van der Waals surface area contributed by atoms with E-state index in [9.17, 15) is 0 Å². The molecule has 0 unspecified atom stereocenters. The summed E-state index contributed by atoms with van der Waals surface area (Å²) in [6, 6.07) is 70.4. The molecule has 8 aromatic carbocycles. The number of benzene rings is 8. The van der Waals surface area contributed by atoms with Crippen molar-refractivity contribution in [1.82, 2.24) is 15.0 Å². The Hall–Kier alpha value is -7.01. The highest BCUT2D eigenvalue weighted by molar-refractivity contribution is 7.26. The maximum absolute atomic E-state index is 5.21.